The Bertz CT molecular complexity index is 255. The molecule has 5 heteroatoms. The Hall–Kier alpha value is -1.10. The molecule has 1 aliphatic rings. The maximum atomic E-state index is 11.8. The molecule has 0 aliphatic carbocycles. The fourth-order valence-corrected chi connectivity index (χ4v) is 1.79. The monoisotopic (exact) mass is 213 g/mol. The van der Waals surface area contributed by atoms with Gasteiger partial charge in [0.05, 0.1) is 5.92 Å². The largest absolute Gasteiger partial charge is 0.368 e. The predicted octanol–water partition coefficient (Wildman–Crippen LogP) is -0.635. The molecule has 3 atom stereocenters. The molecule has 3 unspecified atom stereocenters. The topological polar surface area (TPSA) is 84.2 Å². The molecular formula is C10H19N3O2. The lowest BCUT2D eigenvalue weighted by Gasteiger charge is -2.29. The average molecular weight is 213 g/mol. The average Bonchev–Trinajstić information content (AvgIpc) is 2.18. The SMILES string of the molecule is CC(NC(=O)C1CCCNC1C)C(N)=O. The van der Waals surface area contributed by atoms with Crippen molar-refractivity contribution in [1.82, 2.24) is 10.6 Å². The van der Waals surface area contributed by atoms with Gasteiger partial charge < -0.3 is 16.4 Å². The highest BCUT2D eigenvalue weighted by atomic mass is 16.2. The van der Waals surface area contributed by atoms with E-state index in [2.05, 4.69) is 10.6 Å². The van der Waals surface area contributed by atoms with Crippen LogP contribution in [0, 0.1) is 5.92 Å². The summed E-state index contributed by atoms with van der Waals surface area (Å²) < 4.78 is 0. The number of nitrogens with two attached hydrogens (primary N) is 1. The quantitative estimate of drug-likeness (QED) is 0.583. The summed E-state index contributed by atoms with van der Waals surface area (Å²) >= 11 is 0. The van der Waals surface area contributed by atoms with E-state index in [1.54, 1.807) is 6.92 Å². The molecule has 1 saturated heterocycles. The molecule has 0 aromatic heterocycles. The van der Waals surface area contributed by atoms with E-state index < -0.39 is 11.9 Å². The highest BCUT2D eigenvalue weighted by Crippen LogP contribution is 2.16. The number of nitrogens with one attached hydrogen (secondary N) is 2. The molecule has 0 saturated carbocycles. The highest BCUT2D eigenvalue weighted by Gasteiger charge is 2.28. The van der Waals surface area contributed by atoms with Crippen LogP contribution >= 0.6 is 0 Å². The van der Waals surface area contributed by atoms with Gasteiger partial charge in [0.25, 0.3) is 0 Å². The van der Waals surface area contributed by atoms with Crippen LogP contribution in [0.5, 0.6) is 0 Å². The van der Waals surface area contributed by atoms with Gasteiger partial charge in [0, 0.05) is 6.04 Å². The summed E-state index contributed by atoms with van der Waals surface area (Å²) in [4.78, 5) is 22.6. The normalized spacial score (nSPS) is 28.1. The minimum absolute atomic E-state index is 0.0550. The lowest BCUT2D eigenvalue weighted by Crippen LogP contribution is -2.51. The van der Waals surface area contributed by atoms with Crippen molar-refractivity contribution in [2.75, 3.05) is 6.54 Å². The van der Waals surface area contributed by atoms with Gasteiger partial charge in [0.15, 0.2) is 0 Å². The molecule has 0 spiro atoms. The predicted molar refractivity (Wildman–Crippen MR) is 57.0 cm³/mol. The van der Waals surface area contributed by atoms with Gasteiger partial charge in [0.2, 0.25) is 11.8 Å². The number of primary amides is 1. The molecule has 1 rings (SSSR count). The second kappa shape index (κ2) is 5.11. The van der Waals surface area contributed by atoms with E-state index in [0.717, 1.165) is 19.4 Å². The van der Waals surface area contributed by atoms with Gasteiger partial charge >= 0.3 is 0 Å². The Balaban J connectivity index is 2.48. The zero-order valence-electron chi connectivity index (χ0n) is 9.25. The highest BCUT2D eigenvalue weighted by molar-refractivity contribution is 5.87. The number of hydrogen-bond acceptors (Lipinski definition) is 3. The molecule has 2 amide bonds. The summed E-state index contributed by atoms with van der Waals surface area (Å²) in [6.45, 7) is 4.54. The van der Waals surface area contributed by atoms with Crippen LogP contribution < -0.4 is 16.4 Å². The lowest BCUT2D eigenvalue weighted by molar-refractivity contribution is -0.130. The zero-order chi connectivity index (χ0) is 11.4. The zero-order valence-corrected chi connectivity index (χ0v) is 9.25. The number of carbonyl (C=O) groups is 2. The van der Waals surface area contributed by atoms with Crippen molar-refractivity contribution in [3.63, 3.8) is 0 Å². The Kier molecular flexibility index (Phi) is 4.08. The first-order chi connectivity index (χ1) is 7.02. The van der Waals surface area contributed by atoms with Crippen molar-refractivity contribution < 1.29 is 9.59 Å². The van der Waals surface area contributed by atoms with Gasteiger partial charge in [-0.1, -0.05) is 0 Å². The molecular weight excluding hydrogens is 194 g/mol. The van der Waals surface area contributed by atoms with Crippen molar-refractivity contribution in [1.29, 1.82) is 0 Å². The molecule has 4 N–H and O–H groups in total. The Morgan fingerprint density at radius 2 is 2.20 bits per heavy atom. The standard InChI is InChI=1S/C10H19N3O2/c1-6-8(4-3-5-12-6)10(15)13-7(2)9(11)14/h6-8,12H,3-5H2,1-2H3,(H2,11,14)(H,13,15). The maximum absolute atomic E-state index is 11.8. The molecule has 0 radical (unpaired) electrons. The molecule has 5 nitrogen and oxygen atoms in total. The van der Waals surface area contributed by atoms with Gasteiger partial charge in [-0.2, -0.15) is 0 Å². The summed E-state index contributed by atoms with van der Waals surface area (Å²) in [5.41, 5.74) is 5.08. The van der Waals surface area contributed by atoms with Gasteiger partial charge in [-0.05, 0) is 33.2 Å². The summed E-state index contributed by atoms with van der Waals surface area (Å²) in [5, 5.41) is 5.86. The summed E-state index contributed by atoms with van der Waals surface area (Å²) in [6.07, 6.45) is 1.86. The number of rotatable bonds is 3. The van der Waals surface area contributed by atoms with Gasteiger partial charge in [-0.15, -0.1) is 0 Å². The van der Waals surface area contributed by atoms with Crippen molar-refractivity contribution in [2.24, 2.45) is 11.7 Å². The fraction of sp³-hybridized carbons (Fsp3) is 0.800. The molecule has 0 aromatic rings. The molecule has 0 aromatic carbocycles. The third-order valence-electron chi connectivity index (χ3n) is 2.88. The van der Waals surface area contributed by atoms with Crippen LogP contribution in [-0.4, -0.2) is 30.4 Å². The lowest BCUT2D eigenvalue weighted by atomic mass is 9.91. The van der Waals surface area contributed by atoms with Crippen molar-refractivity contribution >= 4 is 11.8 Å². The smallest absolute Gasteiger partial charge is 0.239 e. The van der Waals surface area contributed by atoms with E-state index in [1.165, 1.54) is 0 Å². The first-order valence-corrected chi connectivity index (χ1v) is 5.35. The van der Waals surface area contributed by atoms with Crippen LogP contribution in [-0.2, 0) is 9.59 Å². The Morgan fingerprint density at radius 1 is 1.53 bits per heavy atom. The third-order valence-corrected chi connectivity index (χ3v) is 2.88. The first-order valence-electron chi connectivity index (χ1n) is 5.35. The minimum atomic E-state index is -0.591. The number of hydrogen-bond donors (Lipinski definition) is 3. The number of piperidine rings is 1. The van der Waals surface area contributed by atoms with Crippen molar-refractivity contribution in [3.05, 3.63) is 0 Å². The Labute approximate surface area is 89.8 Å². The fourth-order valence-electron chi connectivity index (χ4n) is 1.79. The van der Waals surface area contributed by atoms with Crippen LogP contribution in [0.4, 0.5) is 0 Å². The first kappa shape index (κ1) is 12.0. The van der Waals surface area contributed by atoms with Gasteiger partial charge in [0.1, 0.15) is 6.04 Å². The van der Waals surface area contributed by atoms with Crippen molar-refractivity contribution in [2.45, 2.75) is 38.8 Å². The summed E-state index contributed by atoms with van der Waals surface area (Å²) in [7, 11) is 0. The molecule has 0 bridgehead atoms. The second-order valence-corrected chi connectivity index (χ2v) is 4.12. The number of amides is 2. The van der Waals surface area contributed by atoms with E-state index in [-0.39, 0.29) is 17.9 Å². The van der Waals surface area contributed by atoms with E-state index in [9.17, 15) is 9.59 Å². The van der Waals surface area contributed by atoms with Gasteiger partial charge in [-0.3, -0.25) is 9.59 Å². The van der Waals surface area contributed by atoms with E-state index >= 15 is 0 Å². The molecule has 1 aliphatic heterocycles. The minimum Gasteiger partial charge on any atom is -0.368 e. The van der Waals surface area contributed by atoms with Gasteiger partial charge in [-0.25, -0.2) is 0 Å². The van der Waals surface area contributed by atoms with E-state index in [4.69, 9.17) is 5.73 Å². The third kappa shape index (κ3) is 3.20. The summed E-state index contributed by atoms with van der Waals surface area (Å²) in [5.74, 6) is -0.638. The van der Waals surface area contributed by atoms with Crippen LogP contribution in [0.25, 0.3) is 0 Å². The molecule has 1 heterocycles. The maximum Gasteiger partial charge on any atom is 0.239 e. The molecule has 15 heavy (non-hydrogen) atoms. The second-order valence-electron chi connectivity index (χ2n) is 4.12. The van der Waals surface area contributed by atoms with Crippen LogP contribution in [0.1, 0.15) is 26.7 Å². The van der Waals surface area contributed by atoms with Crippen molar-refractivity contribution in [3.8, 4) is 0 Å². The van der Waals surface area contributed by atoms with E-state index in [0.29, 0.717) is 0 Å². The molecule has 1 fully saturated rings. The van der Waals surface area contributed by atoms with Crippen LogP contribution in [0.15, 0.2) is 0 Å². The molecule has 86 valence electrons. The van der Waals surface area contributed by atoms with Crippen LogP contribution in [0.3, 0.4) is 0 Å². The van der Waals surface area contributed by atoms with Crippen LogP contribution in [0.2, 0.25) is 0 Å². The summed E-state index contributed by atoms with van der Waals surface area (Å²) in [6, 6.07) is -0.426. The van der Waals surface area contributed by atoms with E-state index in [1.807, 2.05) is 6.92 Å². The number of carbonyl (C=O) groups excluding carboxylic acids is 2. The Morgan fingerprint density at radius 3 is 2.73 bits per heavy atom.